The molecular weight excluding hydrogens is 318 g/mol. The first-order valence-electron chi connectivity index (χ1n) is 8.20. The second-order valence-corrected chi connectivity index (χ2v) is 7.48. The van der Waals surface area contributed by atoms with E-state index >= 15 is 0 Å². The van der Waals surface area contributed by atoms with Crippen LogP contribution in [0.5, 0.6) is 0 Å². The van der Waals surface area contributed by atoms with Gasteiger partial charge in [0.25, 0.3) is 5.91 Å². The van der Waals surface area contributed by atoms with Gasteiger partial charge in [-0.25, -0.2) is 9.97 Å². The molecule has 4 rings (SSSR count). The molecule has 1 aromatic carbocycles. The molecule has 5 heteroatoms. The zero-order chi connectivity index (χ0) is 16.7. The van der Waals surface area contributed by atoms with E-state index in [-0.39, 0.29) is 11.8 Å². The summed E-state index contributed by atoms with van der Waals surface area (Å²) in [5.41, 5.74) is 1.98. The molecule has 1 amide bonds. The molecule has 0 radical (unpaired) electrons. The molecule has 1 saturated heterocycles. The Kier molecular flexibility index (Phi) is 3.81. The number of likely N-dealkylation sites (tertiary alicyclic amines) is 1. The Balaban J connectivity index is 1.54. The number of nitrogens with zero attached hydrogens (tertiary/aromatic N) is 3. The summed E-state index contributed by atoms with van der Waals surface area (Å²) >= 11 is 1.57. The van der Waals surface area contributed by atoms with Crippen molar-refractivity contribution in [3.05, 3.63) is 58.5 Å². The number of amides is 1. The standard InChI is InChI=1S/C19H19N3OS/c1-12-9-13(2)21-18(20-12)15-7-8-22(11-15)19(23)17-10-14-5-3-4-6-16(14)24-17/h3-6,9-10,15H,7-8,11H2,1-2H3. The molecule has 4 nitrogen and oxygen atoms in total. The minimum absolute atomic E-state index is 0.128. The number of hydrogen-bond acceptors (Lipinski definition) is 4. The maximum Gasteiger partial charge on any atom is 0.263 e. The van der Waals surface area contributed by atoms with E-state index in [1.807, 2.05) is 43.0 Å². The zero-order valence-electron chi connectivity index (χ0n) is 13.8. The fourth-order valence-corrected chi connectivity index (χ4v) is 4.37. The molecule has 1 aliphatic rings. The average Bonchev–Trinajstić information content (AvgIpc) is 3.20. The van der Waals surface area contributed by atoms with E-state index in [0.717, 1.165) is 45.1 Å². The summed E-state index contributed by atoms with van der Waals surface area (Å²) in [6.07, 6.45) is 0.930. The van der Waals surface area contributed by atoms with Crippen LogP contribution in [0.2, 0.25) is 0 Å². The molecule has 3 heterocycles. The summed E-state index contributed by atoms with van der Waals surface area (Å²) in [7, 11) is 0. The minimum Gasteiger partial charge on any atom is -0.337 e. The van der Waals surface area contributed by atoms with Gasteiger partial charge in [-0.3, -0.25) is 4.79 Å². The first-order chi connectivity index (χ1) is 11.6. The maximum absolute atomic E-state index is 12.8. The molecule has 1 unspecified atom stereocenters. The lowest BCUT2D eigenvalue weighted by molar-refractivity contribution is 0.0795. The van der Waals surface area contributed by atoms with Crippen LogP contribution in [0, 0.1) is 13.8 Å². The van der Waals surface area contributed by atoms with E-state index in [9.17, 15) is 4.79 Å². The smallest absolute Gasteiger partial charge is 0.263 e. The van der Waals surface area contributed by atoms with Crippen molar-refractivity contribution in [2.24, 2.45) is 0 Å². The molecule has 0 saturated carbocycles. The van der Waals surface area contributed by atoms with Crippen LogP contribution in [0.4, 0.5) is 0 Å². The van der Waals surface area contributed by atoms with Crippen LogP contribution in [0.3, 0.4) is 0 Å². The number of carbonyl (C=O) groups excluding carboxylic acids is 1. The van der Waals surface area contributed by atoms with Gasteiger partial charge in [0, 0.05) is 35.1 Å². The highest BCUT2D eigenvalue weighted by molar-refractivity contribution is 7.20. The van der Waals surface area contributed by atoms with E-state index in [2.05, 4.69) is 22.1 Å². The molecule has 0 N–H and O–H groups in total. The summed E-state index contributed by atoms with van der Waals surface area (Å²) < 4.78 is 1.16. The van der Waals surface area contributed by atoms with E-state index in [1.54, 1.807) is 11.3 Å². The van der Waals surface area contributed by atoms with Crippen molar-refractivity contribution < 1.29 is 4.79 Å². The molecule has 0 spiro atoms. The van der Waals surface area contributed by atoms with Crippen molar-refractivity contribution in [1.29, 1.82) is 0 Å². The molecule has 0 bridgehead atoms. The molecule has 24 heavy (non-hydrogen) atoms. The number of hydrogen-bond donors (Lipinski definition) is 0. The van der Waals surface area contributed by atoms with E-state index < -0.39 is 0 Å². The Labute approximate surface area is 145 Å². The zero-order valence-corrected chi connectivity index (χ0v) is 14.6. The average molecular weight is 337 g/mol. The number of thiophene rings is 1. The van der Waals surface area contributed by atoms with Crippen molar-refractivity contribution in [2.75, 3.05) is 13.1 Å². The molecule has 3 aromatic rings. The Morgan fingerprint density at radius 1 is 1.17 bits per heavy atom. The van der Waals surface area contributed by atoms with Gasteiger partial charge in [-0.2, -0.15) is 0 Å². The first-order valence-corrected chi connectivity index (χ1v) is 9.02. The van der Waals surface area contributed by atoms with Crippen LogP contribution in [0.25, 0.3) is 10.1 Å². The Hall–Kier alpha value is -2.27. The third-order valence-corrected chi connectivity index (χ3v) is 5.58. The predicted molar refractivity (Wildman–Crippen MR) is 96.6 cm³/mol. The fourth-order valence-electron chi connectivity index (χ4n) is 3.33. The van der Waals surface area contributed by atoms with Crippen LogP contribution in [0.1, 0.15) is 39.2 Å². The SMILES string of the molecule is Cc1cc(C)nc(C2CCN(C(=O)c3cc4ccccc4s3)C2)n1. The van der Waals surface area contributed by atoms with Gasteiger partial charge >= 0.3 is 0 Å². The number of aryl methyl sites for hydroxylation is 2. The highest BCUT2D eigenvalue weighted by atomic mass is 32.1. The molecule has 2 aromatic heterocycles. The maximum atomic E-state index is 12.8. The monoisotopic (exact) mass is 337 g/mol. The largest absolute Gasteiger partial charge is 0.337 e. The number of rotatable bonds is 2. The van der Waals surface area contributed by atoms with Crippen molar-refractivity contribution in [1.82, 2.24) is 14.9 Å². The van der Waals surface area contributed by atoms with Crippen LogP contribution in [-0.2, 0) is 0 Å². The minimum atomic E-state index is 0.128. The predicted octanol–water partition coefficient (Wildman–Crippen LogP) is 3.94. The third-order valence-electron chi connectivity index (χ3n) is 4.48. The number of carbonyl (C=O) groups is 1. The van der Waals surface area contributed by atoms with Gasteiger partial charge in [-0.15, -0.1) is 11.3 Å². The van der Waals surface area contributed by atoms with Gasteiger partial charge in [-0.1, -0.05) is 18.2 Å². The number of aromatic nitrogens is 2. The summed E-state index contributed by atoms with van der Waals surface area (Å²) in [5.74, 6) is 1.24. The van der Waals surface area contributed by atoms with Crippen molar-refractivity contribution >= 4 is 27.3 Å². The second kappa shape index (κ2) is 5.98. The van der Waals surface area contributed by atoms with Crippen LogP contribution < -0.4 is 0 Å². The molecular formula is C19H19N3OS. The van der Waals surface area contributed by atoms with Crippen molar-refractivity contribution in [3.8, 4) is 0 Å². The van der Waals surface area contributed by atoms with E-state index in [4.69, 9.17) is 0 Å². The van der Waals surface area contributed by atoms with Crippen molar-refractivity contribution in [2.45, 2.75) is 26.2 Å². The van der Waals surface area contributed by atoms with Gasteiger partial charge in [0.2, 0.25) is 0 Å². The topological polar surface area (TPSA) is 46.1 Å². The third kappa shape index (κ3) is 2.80. The summed E-state index contributed by atoms with van der Waals surface area (Å²) in [6, 6.07) is 12.1. The van der Waals surface area contributed by atoms with Crippen molar-refractivity contribution in [3.63, 3.8) is 0 Å². The van der Waals surface area contributed by atoms with Gasteiger partial charge in [0.05, 0.1) is 4.88 Å². The van der Waals surface area contributed by atoms with Crippen LogP contribution >= 0.6 is 11.3 Å². The quantitative estimate of drug-likeness (QED) is 0.711. The highest BCUT2D eigenvalue weighted by Gasteiger charge is 2.30. The normalized spacial score (nSPS) is 17.6. The first kappa shape index (κ1) is 15.3. The highest BCUT2D eigenvalue weighted by Crippen LogP contribution is 2.30. The van der Waals surface area contributed by atoms with Gasteiger partial charge in [0.1, 0.15) is 5.82 Å². The second-order valence-electron chi connectivity index (χ2n) is 6.39. The molecule has 122 valence electrons. The summed E-state index contributed by atoms with van der Waals surface area (Å²) in [5, 5.41) is 1.14. The fraction of sp³-hybridized carbons (Fsp3) is 0.316. The lowest BCUT2D eigenvalue weighted by Crippen LogP contribution is -2.28. The summed E-state index contributed by atoms with van der Waals surface area (Å²) in [6.45, 7) is 5.46. The van der Waals surface area contributed by atoms with Crippen LogP contribution in [-0.4, -0.2) is 33.9 Å². The summed E-state index contributed by atoms with van der Waals surface area (Å²) in [4.78, 5) is 24.7. The number of fused-ring (bicyclic) bond motifs is 1. The molecule has 0 aliphatic carbocycles. The Morgan fingerprint density at radius 3 is 2.67 bits per heavy atom. The lowest BCUT2D eigenvalue weighted by Gasteiger charge is -2.15. The van der Waals surface area contributed by atoms with E-state index in [1.165, 1.54) is 0 Å². The Bertz CT molecular complexity index is 865. The molecule has 1 fully saturated rings. The van der Waals surface area contributed by atoms with Gasteiger partial charge in [-0.05, 0) is 43.9 Å². The van der Waals surface area contributed by atoms with Gasteiger partial charge < -0.3 is 4.90 Å². The molecule has 1 atom stereocenters. The Morgan fingerprint density at radius 2 is 1.92 bits per heavy atom. The number of benzene rings is 1. The van der Waals surface area contributed by atoms with E-state index in [0.29, 0.717) is 6.54 Å². The van der Waals surface area contributed by atoms with Crippen LogP contribution in [0.15, 0.2) is 36.4 Å². The van der Waals surface area contributed by atoms with Gasteiger partial charge in [0.15, 0.2) is 0 Å². The lowest BCUT2D eigenvalue weighted by atomic mass is 10.1. The molecule has 1 aliphatic heterocycles.